The third-order valence-electron chi connectivity index (χ3n) is 5.12. The highest BCUT2D eigenvalue weighted by Gasteiger charge is 2.25. The lowest BCUT2D eigenvalue weighted by atomic mass is 10.0. The van der Waals surface area contributed by atoms with Crippen LogP contribution in [-0.4, -0.2) is 40.5 Å². The van der Waals surface area contributed by atoms with Crippen molar-refractivity contribution in [3.8, 4) is 5.69 Å². The second kappa shape index (κ2) is 7.77. The molecule has 26 heavy (non-hydrogen) atoms. The van der Waals surface area contributed by atoms with Crippen molar-refractivity contribution in [3.05, 3.63) is 53.3 Å². The van der Waals surface area contributed by atoms with Crippen molar-refractivity contribution in [2.45, 2.75) is 46.1 Å². The van der Waals surface area contributed by atoms with Crippen LogP contribution < -0.4 is 0 Å². The third kappa shape index (κ3) is 3.66. The molecule has 5 heteroatoms. The zero-order valence-corrected chi connectivity index (χ0v) is 15.7. The van der Waals surface area contributed by atoms with Crippen LogP contribution >= 0.6 is 0 Å². The predicted octanol–water partition coefficient (Wildman–Crippen LogP) is 3.65. The zero-order chi connectivity index (χ0) is 18.7. The van der Waals surface area contributed by atoms with Gasteiger partial charge in [0.2, 0.25) is 0 Å². The van der Waals surface area contributed by atoms with Crippen LogP contribution in [-0.2, 0) is 9.53 Å². The van der Waals surface area contributed by atoms with E-state index >= 15 is 0 Å². The monoisotopic (exact) mass is 354 g/mol. The smallest absolute Gasteiger partial charge is 0.340 e. The molecule has 2 heterocycles. The second-order valence-corrected chi connectivity index (χ2v) is 6.96. The zero-order valence-electron chi connectivity index (χ0n) is 15.7. The first kappa shape index (κ1) is 18.2. The van der Waals surface area contributed by atoms with Gasteiger partial charge in [0.25, 0.3) is 5.91 Å². The summed E-state index contributed by atoms with van der Waals surface area (Å²) < 4.78 is 7.35. The van der Waals surface area contributed by atoms with Gasteiger partial charge in [-0.25, -0.2) is 4.79 Å². The van der Waals surface area contributed by atoms with E-state index in [0.717, 1.165) is 42.9 Å². The molecule has 1 amide bonds. The normalized spacial score (nSPS) is 17.2. The molecule has 5 nitrogen and oxygen atoms in total. The van der Waals surface area contributed by atoms with Gasteiger partial charge in [-0.05, 0) is 58.2 Å². The summed E-state index contributed by atoms with van der Waals surface area (Å²) in [5.41, 5.74) is 3.28. The van der Waals surface area contributed by atoms with Crippen LogP contribution in [0.3, 0.4) is 0 Å². The van der Waals surface area contributed by atoms with Crippen LogP contribution in [0.25, 0.3) is 5.69 Å². The third-order valence-corrected chi connectivity index (χ3v) is 5.12. The molecule has 0 N–H and O–H groups in total. The minimum atomic E-state index is -0.446. The van der Waals surface area contributed by atoms with Crippen LogP contribution in [0.15, 0.2) is 36.4 Å². The Morgan fingerprint density at radius 3 is 2.58 bits per heavy atom. The van der Waals surface area contributed by atoms with E-state index in [9.17, 15) is 9.59 Å². The number of hydrogen-bond donors (Lipinski definition) is 0. The van der Waals surface area contributed by atoms with Crippen molar-refractivity contribution < 1.29 is 14.3 Å². The molecule has 2 aromatic rings. The molecule has 0 unspecified atom stereocenters. The first-order valence-corrected chi connectivity index (χ1v) is 9.20. The molecule has 0 spiro atoms. The van der Waals surface area contributed by atoms with E-state index in [-0.39, 0.29) is 18.6 Å². The minimum Gasteiger partial charge on any atom is -0.452 e. The van der Waals surface area contributed by atoms with Crippen LogP contribution in [0.5, 0.6) is 0 Å². The van der Waals surface area contributed by atoms with Gasteiger partial charge in [0.05, 0.1) is 5.56 Å². The highest BCUT2D eigenvalue weighted by molar-refractivity contribution is 5.93. The maximum atomic E-state index is 12.5. The van der Waals surface area contributed by atoms with E-state index in [1.807, 2.05) is 66.6 Å². The molecule has 0 aliphatic carbocycles. The molecule has 0 saturated carbocycles. The highest BCUT2D eigenvalue weighted by atomic mass is 16.5. The van der Waals surface area contributed by atoms with Gasteiger partial charge in [0, 0.05) is 29.7 Å². The van der Waals surface area contributed by atoms with Crippen LogP contribution in [0.1, 0.15) is 47.9 Å². The number of aromatic nitrogens is 1. The number of para-hydroxylation sites is 1. The summed E-state index contributed by atoms with van der Waals surface area (Å²) in [6.45, 7) is 6.45. The number of nitrogens with zero attached hydrogens (tertiary/aromatic N) is 2. The van der Waals surface area contributed by atoms with Crippen molar-refractivity contribution >= 4 is 11.9 Å². The quantitative estimate of drug-likeness (QED) is 0.788. The summed E-state index contributed by atoms with van der Waals surface area (Å²) in [6.07, 6.45) is 3.18. The van der Waals surface area contributed by atoms with Gasteiger partial charge in [0.1, 0.15) is 0 Å². The van der Waals surface area contributed by atoms with Crippen molar-refractivity contribution in [1.82, 2.24) is 9.47 Å². The number of amides is 1. The summed E-state index contributed by atoms with van der Waals surface area (Å²) in [5.74, 6) is -0.555. The number of aryl methyl sites for hydroxylation is 1. The Kier molecular flexibility index (Phi) is 5.45. The average Bonchev–Trinajstić information content (AvgIpc) is 2.95. The Balaban J connectivity index is 1.70. The summed E-state index contributed by atoms with van der Waals surface area (Å²) in [6, 6.07) is 11.9. The fourth-order valence-corrected chi connectivity index (χ4v) is 3.70. The standard InChI is InChI=1S/C21H26N2O3/c1-15-9-7-8-12-22(15)20(24)14-26-21(25)19-13-16(2)23(17(19)3)18-10-5-4-6-11-18/h4-6,10-11,13,15H,7-9,12,14H2,1-3H3/t15-/m0/s1. The fourth-order valence-electron chi connectivity index (χ4n) is 3.70. The second-order valence-electron chi connectivity index (χ2n) is 6.96. The summed E-state index contributed by atoms with van der Waals surface area (Å²) in [5, 5.41) is 0. The van der Waals surface area contributed by atoms with E-state index in [2.05, 4.69) is 0 Å². The van der Waals surface area contributed by atoms with Gasteiger partial charge in [-0.3, -0.25) is 4.79 Å². The molecule has 0 bridgehead atoms. The molecule has 1 aliphatic rings. The number of carbonyl (C=O) groups excluding carboxylic acids is 2. The van der Waals surface area contributed by atoms with E-state index < -0.39 is 5.97 Å². The molecular weight excluding hydrogens is 328 g/mol. The van der Waals surface area contributed by atoms with Crippen molar-refractivity contribution in [2.75, 3.05) is 13.2 Å². The van der Waals surface area contributed by atoms with Crippen LogP contribution in [0.4, 0.5) is 0 Å². The van der Waals surface area contributed by atoms with E-state index in [4.69, 9.17) is 4.74 Å². The Morgan fingerprint density at radius 1 is 1.15 bits per heavy atom. The Bertz CT molecular complexity index is 795. The molecule has 1 saturated heterocycles. The number of benzene rings is 1. The largest absolute Gasteiger partial charge is 0.452 e. The average molecular weight is 354 g/mol. The molecule has 138 valence electrons. The van der Waals surface area contributed by atoms with Crippen molar-refractivity contribution in [3.63, 3.8) is 0 Å². The molecule has 0 radical (unpaired) electrons. The lowest BCUT2D eigenvalue weighted by molar-refractivity contribution is -0.137. The molecule has 1 aliphatic heterocycles. The fraction of sp³-hybridized carbons (Fsp3) is 0.429. The van der Waals surface area contributed by atoms with Gasteiger partial charge >= 0.3 is 5.97 Å². The van der Waals surface area contributed by atoms with E-state index in [1.165, 1.54) is 0 Å². The lowest BCUT2D eigenvalue weighted by Crippen LogP contribution is -2.44. The summed E-state index contributed by atoms with van der Waals surface area (Å²) in [4.78, 5) is 26.7. The molecule has 3 rings (SSSR count). The Hall–Kier alpha value is -2.56. The first-order valence-electron chi connectivity index (χ1n) is 9.20. The Morgan fingerprint density at radius 2 is 1.88 bits per heavy atom. The van der Waals surface area contributed by atoms with Crippen molar-refractivity contribution in [2.24, 2.45) is 0 Å². The van der Waals surface area contributed by atoms with Gasteiger partial charge in [-0.15, -0.1) is 0 Å². The maximum Gasteiger partial charge on any atom is 0.340 e. The van der Waals surface area contributed by atoms with Crippen LogP contribution in [0.2, 0.25) is 0 Å². The lowest BCUT2D eigenvalue weighted by Gasteiger charge is -2.33. The number of rotatable bonds is 4. The maximum absolute atomic E-state index is 12.5. The summed E-state index contributed by atoms with van der Waals surface area (Å²) in [7, 11) is 0. The molecule has 1 aromatic carbocycles. The predicted molar refractivity (Wildman–Crippen MR) is 101 cm³/mol. The summed E-state index contributed by atoms with van der Waals surface area (Å²) >= 11 is 0. The molecule has 1 atom stereocenters. The van der Waals surface area contributed by atoms with Gasteiger partial charge in [0.15, 0.2) is 6.61 Å². The van der Waals surface area contributed by atoms with Crippen molar-refractivity contribution in [1.29, 1.82) is 0 Å². The number of ether oxygens (including phenoxy) is 1. The number of esters is 1. The number of likely N-dealkylation sites (tertiary alicyclic amines) is 1. The van der Waals surface area contributed by atoms with Gasteiger partial charge in [-0.2, -0.15) is 0 Å². The minimum absolute atomic E-state index is 0.109. The molecule has 1 fully saturated rings. The topological polar surface area (TPSA) is 51.5 Å². The molecule has 1 aromatic heterocycles. The number of piperidine rings is 1. The highest BCUT2D eigenvalue weighted by Crippen LogP contribution is 2.22. The Labute approximate surface area is 154 Å². The van der Waals surface area contributed by atoms with Crippen LogP contribution in [0, 0.1) is 13.8 Å². The van der Waals surface area contributed by atoms with E-state index in [0.29, 0.717) is 5.56 Å². The number of carbonyl (C=O) groups is 2. The van der Waals surface area contributed by atoms with Gasteiger partial charge in [-0.1, -0.05) is 18.2 Å². The first-order chi connectivity index (χ1) is 12.5. The number of hydrogen-bond acceptors (Lipinski definition) is 3. The van der Waals surface area contributed by atoms with Gasteiger partial charge < -0.3 is 14.2 Å². The molecular formula is C21H26N2O3. The van der Waals surface area contributed by atoms with E-state index in [1.54, 1.807) is 0 Å². The SMILES string of the molecule is Cc1cc(C(=O)OCC(=O)N2CCCC[C@@H]2C)c(C)n1-c1ccccc1.